The van der Waals surface area contributed by atoms with Crippen molar-refractivity contribution in [3.63, 3.8) is 0 Å². The van der Waals surface area contributed by atoms with E-state index in [1.807, 2.05) is 10.8 Å². The summed E-state index contributed by atoms with van der Waals surface area (Å²) in [5.74, 6) is -0.333. The van der Waals surface area contributed by atoms with Gasteiger partial charge in [-0.2, -0.15) is 0 Å². The van der Waals surface area contributed by atoms with Crippen LogP contribution in [0.15, 0.2) is 35.7 Å². The summed E-state index contributed by atoms with van der Waals surface area (Å²) < 4.78 is 1.99. The second kappa shape index (κ2) is 5.48. The molecule has 0 spiro atoms. The number of imidazole rings is 1. The van der Waals surface area contributed by atoms with Gasteiger partial charge in [0.05, 0.1) is 10.9 Å². The third-order valence-electron chi connectivity index (χ3n) is 2.91. The molecule has 1 atom stereocenters. The van der Waals surface area contributed by atoms with E-state index in [-0.39, 0.29) is 11.2 Å². The molecule has 0 aliphatic rings. The molecule has 0 saturated heterocycles. The van der Waals surface area contributed by atoms with Gasteiger partial charge in [0, 0.05) is 12.4 Å². The van der Waals surface area contributed by atoms with Gasteiger partial charge < -0.3 is 5.73 Å². The van der Waals surface area contributed by atoms with Crippen LogP contribution in [0.2, 0.25) is 0 Å². The molecule has 1 amide bonds. The fraction of sp³-hybridized carbons (Fsp3) is 0.286. The Kier molecular flexibility index (Phi) is 3.95. The molecule has 5 heteroatoms. The summed E-state index contributed by atoms with van der Waals surface area (Å²) in [7, 11) is 0. The van der Waals surface area contributed by atoms with Gasteiger partial charge in [-0.3, -0.25) is 9.36 Å². The molecule has 1 aromatic heterocycles. The minimum atomic E-state index is -0.333. The highest BCUT2D eigenvalue weighted by atomic mass is 32.2. The predicted octanol–water partition coefficient (Wildman–Crippen LogP) is 2.46. The molecule has 0 radical (unpaired) electrons. The Balaban J connectivity index is 2.39. The number of nitrogens with two attached hydrogens (primary N) is 1. The Morgan fingerprint density at radius 1 is 1.42 bits per heavy atom. The Bertz CT molecular complexity index is 606. The van der Waals surface area contributed by atoms with Crippen molar-refractivity contribution in [1.29, 1.82) is 0 Å². The molecule has 2 N–H and O–H groups in total. The molecule has 4 nitrogen and oxygen atoms in total. The SMILES string of the molecule is Cc1ccc(C)c(-n2ccnc2SC(C)C(N)=O)c1. The van der Waals surface area contributed by atoms with Crippen LogP contribution in [-0.2, 0) is 4.79 Å². The number of carbonyl (C=O) groups excluding carboxylic acids is 1. The summed E-state index contributed by atoms with van der Waals surface area (Å²) in [5, 5.41) is 0.478. The first-order valence-corrected chi connectivity index (χ1v) is 6.94. The maximum absolute atomic E-state index is 11.2. The number of amides is 1. The van der Waals surface area contributed by atoms with Crippen LogP contribution in [0.25, 0.3) is 5.69 Å². The van der Waals surface area contributed by atoms with E-state index in [9.17, 15) is 4.79 Å². The molecule has 1 unspecified atom stereocenters. The Morgan fingerprint density at radius 3 is 2.84 bits per heavy atom. The van der Waals surface area contributed by atoms with Gasteiger partial charge in [-0.05, 0) is 38.0 Å². The van der Waals surface area contributed by atoms with Gasteiger partial charge in [0.1, 0.15) is 0 Å². The largest absolute Gasteiger partial charge is 0.369 e. The first-order valence-electron chi connectivity index (χ1n) is 6.06. The van der Waals surface area contributed by atoms with Crippen molar-refractivity contribution >= 4 is 17.7 Å². The standard InChI is InChI=1S/C14H17N3OS/c1-9-4-5-10(2)12(8-9)17-7-6-16-14(17)19-11(3)13(15)18/h4-8,11H,1-3H3,(H2,15,18). The minimum Gasteiger partial charge on any atom is -0.369 e. The van der Waals surface area contributed by atoms with E-state index in [0.29, 0.717) is 0 Å². The van der Waals surface area contributed by atoms with Crippen molar-refractivity contribution in [1.82, 2.24) is 9.55 Å². The second-order valence-corrected chi connectivity index (χ2v) is 5.84. The topological polar surface area (TPSA) is 60.9 Å². The van der Waals surface area contributed by atoms with E-state index in [1.54, 1.807) is 13.1 Å². The quantitative estimate of drug-likeness (QED) is 0.872. The number of benzene rings is 1. The first kappa shape index (κ1) is 13.7. The van der Waals surface area contributed by atoms with Crippen LogP contribution in [-0.4, -0.2) is 20.7 Å². The minimum absolute atomic E-state index is 0.300. The number of aromatic nitrogens is 2. The van der Waals surface area contributed by atoms with Crippen LogP contribution in [0.3, 0.4) is 0 Å². The number of hydrogen-bond acceptors (Lipinski definition) is 3. The molecule has 0 aliphatic heterocycles. The Morgan fingerprint density at radius 2 is 2.16 bits per heavy atom. The van der Waals surface area contributed by atoms with Crippen LogP contribution < -0.4 is 5.73 Å². The molecule has 100 valence electrons. The van der Waals surface area contributed by atoms with Gasteiger partial charge in [-0.15, -0.1) is 0 Å². The summed E-state index contributed by atoms with van der Waals surface area (Å²) in [6.07, 6.45) is 3.63. The van der Waals surface area contributed by atoms with Crippen LogP contribution in [0.5, 0.6) is 0 Å². The molecule has 1 aromatic carbocycles. The number of hydrogen-bond donors (Lipinski definition) is 1. The highest BCUT2D eigenvalue weighted by molar-refractivity contribution is 8.00. The first-order chi connectivity index (χ1) is 8.99. The van der Waals surface area contributed by atoms with Gasteiger partial charge in [0.15, 0.2) is 5.16 Å². The number of thioether (sulfide) groups is 1. The van der Waals surface area contributed by atoms with Crippen molar-refractivity contribution in [3.05, 3.63) is 41.7 Å². The molecular formula is C14H17N3OS. The lowest BCUT2D eigenvalue weighted by atomic mass is 10.1. The molecule has 2 aromatic rings. The van der Waals surface area contributed by atoms with E-state index >= 15 is 0 Å². The fourth-order valence-corrected chi connectivity index (χ4v) is 2.58. The third kappa shape index (κ3) is 2.98. The molecule has 0 saturated carbocycles. The number of primary amides is 1. The Hall–Kier alpha value is -1.75. The molecule has 19 heavy (non-hydrogen) atoms. The summed E-state index contributed by atoms with van der Waals surface area (Å²) >= 11 is 1.37. The number of carbonyl (C=O) groups is 1. The van der Waals surface area contributed by atoms with Gasteiger partial charge >= 0.3 is 0 Å². The molecule has 0 fully saturated rings. The van der Waals surface area contributed by atoms with Crippen molar-refractivity contribution in [2.45, 2.75) is 31.2 Å². The average molecular weight is 275 g/mol. The zero-order valence-corrected chi connectivity index (χ0v) is 12.1. The summed E-state index contributed by atoms with van der Waals surface area (Å²) in [4.78, 5) is 15.5. The maximum Gasteiger partial charge on any atom is 0.230 e. The smallest absolute Gasteiger partial charge is 0.230 e. The second-order valence-electron chi connectivity index (χ2n) is 4.53. The number of aryl methyl sites for hydroxylation is 2. The van der Waals surface area contributed by atoms with Gasteiger partial charge in [0.25, 0.3) is 0 Å². The Labute approximate surface area is 117 Å². The molecule has 0 aliphatic carbocycles. The monoisotopic (exact) mass is 275 g/mol. The normalized spacial score (nSPS) is 12.4. The van der Waals surface area contributed by atoms with Crippen LogP contribution in [0.4, 0.5) is 0 Å². The lowest BCUT2D eigenvalue weighted by Gasteiger charge is -2.13. The lowest BCUT2D eigenvalue weighted by Crippen LogP contribution is -2.23. The van der Waals surface area contributed by atoms with E-state index < -0.39 is 0 Å². The highest BCUT2D eigenvalue weighted by Gasteiger charge is 2.15. The average Bonchev–Trinajstić information content (AvgIpc) is 2.80. The van der Waals surface area contributed by atoms with Gasteiger partial charge in [0.2, 0.25) is 5.91 Å². The summed E-state index contributed by atoms with van der Waals surface area (Å²) in [6, 6.07) is 6.27. The summed E-state index contributed by atoms with van der Waals surface area (Å²) in [6.45, 7) is 5.90. The van der Waals surface area contributed by atoms with Crippen molar-refractivity contribution < 1.29 is 4.79 Å². The molecule has 1 heterocycles. The van der Waals surface area contributed by atoms with Gasteiger partial charge in [-0.1, -0.05) is 23.9 Å². The fourth-order valence-electron chi connectivity index (χ4n) is 1.76. The van der Waals surface area contributed by atoms with Crippen LogP contribution in [0.1, 0.15) is 18.1 Å². The zero-order chi connectivity index (χ0) is 14.0. The number of nitrogens with zero attached hydrogens (tertiary/aromatic N) is 2. The molecular weight excluding hydrogens is 258 g/mol. The molecule has 2 rings (SSSR count). The van der Waals surface area contributed by atoms with E-state index in [1.165, 1.54) is 17.3 Å². The third-order valence-corrected chi connectivity index (χ3v) is 4.01. The van der Waals surface area contributed by atoms with Crippen molar-refractivity contribution in [2.75, 3.05) is 0 Å². The van der Waals surface area contributed by atoms with Gasteiger partial charge in [-0.25, -0.2) is 4.98 Å². The van der Waals surface area contributed by atoms with E-state index in [4.69, 9.17) is 5.73 Å². The van der Waals surface area contributed by atoms with Crippen molar-refractivity contribution in [2.24, 2.45) is 5.73 Å². The maximum atomic E-state index is 11.2. The summed E-state index contributed by atoms with van der Waals surface area (Å²) in [5.41, 5.74) is 8.73. The van der Waals surface area contributed by atoms with Crippen molar-refractivity contribution in [3.8, 4) is 5.69 Å². The molecule has 0 bridgehead atoms. The predicted molar refractivity (Wildman–Crippen MR) is 77.6 cm³/mol. The van der Waals surface area contributed by atoms with Crippen LogP contribution >= 0.6 is 11.8 Å². The van der Waals surface area contributed by atoms with E-state index in [2.05, 4.69) is 37.0 Å². The number of rotatable bonds is 4. The van der Waals surface area contributed by atoms with E-state index in [0.717, 1.165) is 16.4 Å². The zero-order valence-electron chi connectivity index (χ0n) is 11.3. The highest BCUT2D eigenvalue weighted by Crippen LogP contribution is 2.26. The lowest BCUT2D eigenvalue weighted by molar-refractivity contribution is -0.117. The van der Waals surface area contributed by atoms with Crippen LogP contribution in [0, 0.1) is 13.8 Å².